The third-order valence-corrected chi connectivity index (χ3v) is 13.5. The van der Waals surface area contributed by atoms with Crippen molar-refractivity contribution < 1.29 is 28.6 Å². The van der Waals surface area contributed by atoms with E-state index in [1.54, 1.807) is 0 Å². The van der Waals surface area contributed by atoms with Gasteiger partial charge in [-0.15, -0.1) is 0 Å². The summed E-state index contributed by atoms with van der Waals surface area (Å²) in [6.07, 6.45) is 58.1. The topological polar surface area (TPSA) is 78.9 Å². The Bertz CT molecular complexity index is 980. The fraction of sp³-hybridized carbons (Fsp3) is 0.949. The molecule has 1 atom stereocenters. The zero-order valence-electron chi connectivity index (χ0n) is 44.5. The van der Waals surface area contributed by atoms with Gasteiger partial charge in [-0.3, -0.25) is 14.4 Å². The van der Waals surface area contributed by atoms with E-state index in [2.05, 4.69) is 27.7 Å². The highest BCUT2D eigenvalue weighted by molar-refractivity contribution is 5.71. The molecule has 0 saturated carbocycles. The van der Waals surface area contributed by atoms with Gasteiger partial charge in [0.2, 0.25) is 0 Å². The number of hydrogen-bond acceptors (Lipinski definition) is 6. The second-order valence-electron chi connectivity index (χ2n) is 20.8. The molecule has 386 valence electrons. The van der Waals surface area contributed by atoms with Crippen molar-refractivity contribution in [3.05, 3.63) is 0 Å². The molecule has 0 fully saturated rings. The van der Waals surface area contributed by atoms with E-state index in [-0.39, 0.29) is 31.1 Å². The Balaban J connectivity index is 4.27. The van der Waals surface area contributed by atoms with Crippen LogP contribution >= 0.6 is 0 Å². The number of hydrogen-bond donors (Lipinski definition) is 0. The van der Waals surface area contributed by atoms with Crippen molar-refractivity contribution in [3.8, 4) is 0 Å². The van der Waals surface area contributed by atoms with Gasteiger partial charge in [-0.2, -0.15) is 0 Å². The summed E-state index contributed by atoms with van der Waals surface area (Å²) in [6.45, 7) is 9.06. The lowest BCUT2D eigenvalue weighted by molar-refractivity contribution is -0.167. The first kappa shape index (κ1) is 63.4. The lowest BCUT2D eigenvalue weighted by Gasteiger charge is -2.18. The van der Waals surface area contributed by atoms with Crippen LogP contribution in [0.1, 0.15) is 336 Å². The molecule has 0 unspecified atom stereocenters. The van der Waals surface area contributed by atoms with Crippen molar-refractivity contribution in [3.63, 3.8) is 0 Å². The van der Waals surface area contributed by atoms with Crippen molar-refractivity contribution in [2.75, 3.05) is 13.2 Å². The van der Waals surface area contributed by atoms with Crippen LogP contribution in [0.15, 0.2) is 0 Å². The third kappa shape index (κ3) is 53.2. The van der Waals surface area contributed by atoms with Gasteiger partial charge in [-0.1, -0.05) is 297 Å². The quantitative estimate of drug-likeness (QED) is 0.0344. The number of unbranched alkanes of at least 4 members (excludes halogenated alkanes) is 41. The summed E-state index contributed by atoms with van der Waals surface area (Å²) < 4.78 is 16.9. The number of carbonyl (C=O) groups excluding carboxylic acids is 3. The zero-order valence-corrected chi connectivity index (χ0v) is 44.5. The van der Waals surface area contributed by atoms with Crippen molar-refractivity contribution in [1.82, 2.24) is 0 Å². The van der Waals surface area contributed by atoms with Crippen LogP contribution in [0.3, 0.4) is 0 Å². The molecule has 0 N–H and O–H groups in total. The fourth-order valence-corrected chi connectivity index (χ4v) is 9.10. The SMILES string of the molecule is CCCCCCCCCCCCCCCCCCCCC(=O)OC[C@@H](COC(=O)CCCCCCCCCCCCCCCC(C)C)OC(=O)CCCCCCCCCCCCCCC. The summed E-state index contributed by atoms with van der Waals surface area (Å²) >= 11 is 0. The van der Waals surface area contributed by atoms with Crippen molar-refractivity contribution in [2.45, 2.75) is 342 Å². The maximum atomic E-state index is 12.8. The van der Waals surface area contributed by atoms with Crippen LogP contribution in [0.5, 0.6) is 0 Å². The molecule has 0 spiro atoms. The van der Waals surface area contributed by atoms with E-state index >= 15 is 0 Å². The van der Waals surface area contributed by atoms with Crippen molar-refractivity contribution in [2.24, 2.45) is 5.92 Å². The van der Waals surface area contributed by atoms with Gasteiger partial charge in [0.15, 0.2) is 6.10 Å². The summed E-state index contributed by atoms with van der Waals surface area (Å²) in [4.78, 5) is 38.1. The molecule has 65 heavy (non-hydrogen) atoms. The molecule has 0 radical (unpaired) electrons. The van der Waals surface area contributed by atoms with Crippen LogP contribution in [0.2, 0.25) is 0 Å². The minimum atomic E-state index is -0.762. The van der Waals surface area contributed by atoms with E-state index in [1.807, 2.05) is 0 Å². The highest BCUT2D eigenvalue weighted by atomic mass is 16.6. The maximum absolute atomic E-state index is 12.8. The molecule has 0 aromatic heterocycles. The number of ether oxygens (including phenoxy) is 3. The molecule has 6 nitrogen and oxygen atoms in total. The standard InChI is InChI=1S/C59H114O6/c1-5-7-9-11-13-15-17-19-20-21-22-23-27-30-34-38-42-46-50-57(60)63-53-56(65-59(62)52-48-44-40-36-32-25-18-16-14-12-10-8-6-2)54-64-58(61)51-47-43-39-35-31-28-24-26-29-33-37-41-45-49-55(3)4/h55-56H,5-54H2,1-4H3/t56-/m0/s1. The lowest BCUT2D eigenvalue weighted by atomic mass is 10.0. The molecule has 0 aliphatic rings. The molecule has 0 bridgehead atoms. The highest BCUT2D eigenvalue weighted by Crippen LogP contribution is 2.18. The predicted molar refractivity (Wildman–Crippen MR) is 280 cm³/mol. The van der Waals surface area contributed by atoms with Crippen LogP contribution in [0.4, 0.5) is 0 Å². The first-order chi connectivity index (χ1) is 31.9. The average Bonchev–Trinajstić information content (AvgIpc) is 3.29. The van der Waals surface area contributed by atoms with Crippen LogP contribution in [0, 0.1) is 5.92 Å². The largest absolute Gasteiger partial charge is 0.462 e. The van der Waals surface area contributed by atoms with Gasteiger partial charge in [0.25, 0.3) is 0 Å². The van der Waals surface area contributed by atoms with Gasteiger partial charge in [0, 0.05) is 19.3 Å². The van der Waals surface area contributed by atoms with Gasteiger partial charge >= 0.3 is 17.9 Å². The first-order valence-electron chi connectivity index (χ1n) is 29.4. The number of rotatable bonds is 54. The predicted octanol–water partition coefficient (Wildman–Crippen LogP) is 19.4. The molecule has 0 saturated heterocycles. The first-order valence-corrected chi connectivity index (χ1v) is 29.4. The van der Waals surface area contributed by atoms with Crippen LogP contribution in [-0.4, -0.2) is 37.2 Å². The van der Waals surface area contributed by atoms with Crippen LogP contribution in [0.25, 0.3) is 0 Å². The summed E-state index contributed by atoms with van der Waals surface area (Å²) in [5.41, 5.74) is 0. The van der Waals surface area contributed by atoms with E-state index in [1.165, 1.54) is 231 Å². The number of carbonyl (C=O) groups is 3. The molecule has 0 aliphatic heterocycles. The molecule has 6 heteroatoms. The van der Waals surface area contributed by atoms with Gasteiger partial charge in [0.05, 0.1) is 0 Å². The zero-order chi connectivity index (χ0) is 47.4. The Morgan fingerprint density at radius 3 is 0.754 bits per heavy atom. The molecule has 0 amide bonds. The summed E-state index contributed by atoms with van der Waals surface area (Å²) in [6, 6.07) is 0. The Labute approximate surface area is 406 Å². The second-order valence-corrected chi connectivity index (χ2v) is 20.8. The maximum Gasteiger partial charge on any atom is 0.306 e. The monoisotopic (exact) mass is 919 g/mol. The van der Waals surface area contributed by atoms with Gasteiger partial charge in [0.1, 0.15) is 13.2 Å². The lowest BCUT2D eigenvalue weighted by Crippen LogP contribution is -2.30. The molecule has 0 aromatic carbocycles. The van der Waals surface area contributed by atoms with Gasteiger partial charge in [-0.25, -0.2) is 0 Å². The van der Waals surface area contributed by atoms with E-state index < -0.39 is 6.10 Å². The minimum absolute atomic E-state index is 0.0617. The Morgan fingerprint density at radius 2 is 0.508 bits per heavy atom. The average molecular weight is 920 g/mol. The molecular weight excluding hydrogens is 805 g/mol. The molecule has 0 rings (SSSR count). The van der Waals surface area contributed by atoms with E-state index in [4.69, 9.17) is 14.2 Å². The van der Waals surface area contributed by atoms with E-state index in [0.29, 0.717) is 19.3 Å². The second kappa shape index (κ2) is 53.4. The summed E-state index contributed by atoms with van der Waals surface area (Å²) in [5, 5.41) is 0. The fourth-order valence-electron chi connectivity index (χ4n) is 9.10. The highest BCUT2D eigenvalue weighted by Gasteiger charge is 2.19. The smallest absolute Gasteiger partial charge is 0.306 e. The number of esters is 3. The van der Waals surface area contributed by atoms with Crippen LogP contribution < -0.4 is 0 Å². The Hall–Kier alpha value is -1.59. The van der Waals surface area contributed by atoms with E-state index in [0.717, 1.165) is 63.7 Å². The van der Waals surface area contributed by atoms with E-state index in [9.17, 15) is 14.4 Å². The van der Waals surface area contributed by atoms with Crippen LogP contribution in [-0.2, 0) is 28.6 Å². The minimum Gasteiger partial charge on any atom is -0.462 e. The molecule has 0 aliphatic carbocycles. The molecular formula is C59H114O6. The molecule has 0 aromatic rings. The third-order valence-electron chi connectivity index (χ3n) is 13.5. The Morgan fingerprint density at radius 1 is 0.292 bits per heavy atom. The Kier molecular flexibility index (Phi) is 52.1. The normalized spacial score (nSPS) is 12.0. The van der Waals surface area contributed by atoms with Gasteiger partial charge in [-0.05, 0) is 25.2 Å². The van der Waals surface area contributed by atoms with Crippen molar-refractivity contribution in [1.29, 1.82) is 0 Å². The van der Waals surface area contributed by atoms with Crippen molar-refractivity contribution >= 4 is 17.9 Å². The summed E-state index contributed by atoms with van der Waals surface area (Å²) in [5.74, 6) is 0.00548. The van der Waals surface area contributed by atoms with Gasteiger partial charge < -0.3 is 14.2 Å². The molecule has 0 heterocycles. The summed E-state index contributed by atoms with van der Waals surface area (Å²) in [7, 11) is 0.